The summed E-state index contributed by atoms with van der Waals surface area (Å²) in [5, 5.41) is 11.1. The summed E-state index contributed by atoms with van der Waals surface area (Å²) in [5.74, 6) is 0.420. The molecule has 0 amide bonds. The highest BCUT2D eigenvalue weighted by Gasteiger charge is 2.20. The van der Waals surface area contributed by atoms with E-state index in [0.717, 1.165) is 27.4 Å². The van der Waals surface area contributed by atoms with Crippen LogP contribution >= 0.6 is 0 Å². The first-order valence-corrected chi connectivity index (χ1v) is 10.6. The molecule has 0 radical (unpaired) electrons. The SMILES string of the molecule is COc1ccc(NS(=O)(=O)c2ccc3c(c2)c2cc(CO)ccc2n3C)c(OC)n1. The molecule has 0 saturated carbocycles. The molecule has 0 atom stereocenters. The molecule has 4 aromatic rings. The number of fused-ring (bicyclic) bond motifs is 3. The van der Waals surface area contributed by atoms with Crippen LogP contribution in [0.25, 0.3) is 21.8 Å². The zero-order valence-corrected chi connectivity index (χ0v) is 17.5. The van der Waals surface area contributed by atoms with Crippen LogP contribution in [0.15, 0.2) is 53.4 Å². The number of methoxy groups -OCH3 is 2. The van der Waals surface area contributed by atoms with Gasteiger partial charge in [0.25, 0.3) is 10.0 Å². The van der Waals surface area contributed by atoms with E-state index in [4.69, 9.17) is 9.47 Å². The quantitative estimate of drug-likeness (QED) is 0.490. The number of benzene rings is 2. The highest BCUT2D eigenvalue weighted by atomic mass is 32.2. The fraction of sp³-hybridized carbons (Fsp3) is 0.190. The molecule has 2 heterocycles. The average molecular weight is 427 g/mol. The minimum Gasteiger partial charge on any atom is -0.481 e. The lowest BCUT2D eigenvalue weighted by molar-refractivity contribution is 0.282. The number of anilines is 1. The van der Waals surface area contributed by atoms with Crippen LogP contribution in [0.1, 0.15) is 5.56 Å². The number of aryl methyl sites for hydroxylation is 1. The summed E-state index contributed by atoms with van der Waals surface area (Å²) >= 11 is 0. The summed E-state index contributed by atoms with van der Waals surface area (Å²) in [6.07, 6.45) is 0. The Morgan fingerprint density at radius 3 is 2.37 bits per heavy atom. The molecule has 156 valence electrons. The van der Waals surface area contributed by atoms with Crippen molar-refractivity contribution in [3.63, 3.8) is 0 Å². The van der Waals surface area contributed by atoms with Gasteiger partial charge in [0.1, 0.15) is 5.69 Å². The number of hydrogen-bond acceptors (Lipinski definition) is 6. The molecule has 0 aliphatic carbocycles. The number of pyridine rings is 1. The number of sulfonamides is 1. The molecule has 0 unspecified atom stereocenters. The number of rotatable bonds is 6. The molecule has 30 heavy (non-hydrogen) atoms. The molecule has 0 fully saturated rings. The van der Waals surface area contributed by atoms with Crippen molar-refractivity contribution < 1.29 is 23.0 Å². The molecule has 2 N–H and O–H groups in total. The lowest BCUT2D eigenvalue weighted by Gasteiger charge is -2.12. The number of aromatic nitrogens is 2. The van der Waals surface area contributed by atoms with Gasteiger partial charge in [-0.25, -0.2) is 8.42 Å². The van der Waals surface area contributed by atoms with Crippen LogP contribution in [0.2, 0.25) is 0 Å². The van der Waals surface area contributed by atoms with Crippen molar-refractivity contribution in [2.45, 2.75) is 11.5 Å². The van der Waals surface area contributed by atoms with Crippen molar-refractivity contribution >= 4 is 37.5 Å². The van der Waals surface area contributed by atoms with E-state index in [1.54, 1.807) is 24.3 Å². The third-order valence-corrected chi connectivity index (χ3v) is 6.38. The van der Waals surface area contributed by atoms with Crippen LogP contribution in [-0.4, -0.2) is 37.3 Å². The Bertz CT molecular complexity index is 1360. The number of ether oxygens (including phenoxy) is 2. The van der Waals surface area contributed by atoms with Crippen molar-refractivity contribution in [2.75, 3.05) is 18.9 Å². The second kappa shape index (κ2) is 7.51. The van der Waals surface area contributed by atoms with Crippen molar-refractivity contribution in [3.8, 4) is 11.8 Å². The van der Waals surface area contributed by atoms with Crippen LogP contribution in [0.4, 0.5) is 5.69 Å². The van der Waals surface area contributed by atoms with Crippen molar-refractivity contribution in [1.29, 1.82) is 0 Å². The van der Waals surface area contributed by atoms with E-state index in [2.05, 4.69) is 9.71 Å². The minimum atomic E-state index is -3.90. The summed E-state index contributed by atoms with van der Waals surface area (Å²) in [7, 11) is 0.887. The topological polar surface area (TPSA) is 103 Å². The number of aliphatic hydroxyl groups excluding tert-OH is 1. The van der Waals surface area contributed by atoms with Gasteiger partial charge in [0.05, 0.1) is 25.7 Å². The van der Waals surface area contributed by atoms with Crippen LogP contribution < -0.4 is 14.2 Å². The molecule has 4 rings (SSSR count). The highest BCUT2D eigenvalue weighted by molar-refractivity contribution is 7.92. The van der Waals surface area contributed by atoms with E-state index >= 15 is 0 Å². The Morgan fingerprint density at radius 2 is 1.70 bits per heavy atom. The zero-order valence-electron chi connectivity index (χ0n) is 16.7. The Balaban J connectivity index is 1.81. The van der Waals surface area contributed by atoms with E-state index in [1.165, 1.54) is 20.3 Å². The van der Waals surface area contributed by atoms with Crippen molar-refractivity contribution in [1.82, 2.24) is 9.55 Å². The maximum absolute atomic E-state index is 13.1. The van der Waals surface area contributed by atoms with Gasteiger partial charge in [-0.1, -0.05) is 6.07 Å². The summed E-state index contributed by atoms with van der Waals surface area (Å²) in [6.45, 7) is -0.0872. The van der Waals surface area contributed by atoms with E-state index in [-0.39, 0.29) is 23.1 Å². The molecule has 8 nitrogen and oxygen atoms in total. The van der Waals surface area contributed by atoms with Gasteiger partial charge in [-0.3, -0.25) is 4.72 Å². The third-order valence-electron chi connectivity index (χ3n) is 5.02. The van der Waals surface area contributed by atoms with Crippen molar-refractivity contribution in [3.05, 3.63) is 54.1 Å². The van der Waals surface area contributed by atoms with Crippen molar-refractivity contribution in [2.24, 2.45) is 7.05 Å². The predicted octanol–water partition coefficient (Wildman–Crippen LogP) is 3.04. The minimum absolute atomic E-state index is 0.0872. The third kappa shape index (κ3) is 3.31. The number of hydrogen-bond donors (Lipinski definition) is 2. The summed E-state index contributed by atoms with van der Waals surface area (Å²) < 4.78 is 40.9. The lowest BCUT2D eigenvalue weighted by Crippen LogP contribution is -2.14. The first-order valence-electron chi connectivity index (χ1n) is 9.11. The summed E-state index contributed by atoms with van der Waals surface area (Å²) in [6, 6.07) is 13.7. The molecule has 0 aliphatic heterocycles. The van der Waals surface area contributed by atoms with E-state index < -0.39 is 10.0 Å². The van der Waals surface area contributed by atoms with E-state index in [9.17, 15) is 13.5 Å². The normalized spacial score (nSPS) is 11.7. The molecule has 2 aromatic carbocycles. The number of nitrogens with one attached hydrogen (secondary N) is 1. The summed E-state index contributed by atoms with van der Waals surface area (Å²) in [4.78, 5) is 4.21. The Morgan fingerprint density at radius 1 is 1.00 bits per heavy atom. The standard InChI is InChI=1S/C21H21N3O5S/c1-24-18-7-4-13(12-25)10-15(18)16-11-14(5-8-19(16)24)30(26,27)23-17-6-9-20(28-2)22-21(17)29-3/h4-11,23,25H,12H2,1-3H3. The largest absolute Gasteiger partial charge is 0.481 e. The van der Waals surface area contributed by atoms with E-state index in [1.807, 2.05) is 29.8 Å². The fourth-order valence-corrected chi connectivity index (χ4v) is 4.57. The monoisotopic (exact) mass is 427 g/mol. The Kier molecular flexibility index (Phi) is 5.00. The maximum atomic E-state index is 13.1. The molecule has 0 saturated heterocycles. The van der Waals surface area contributed by atoms with Crippen LogP contribution in [-0.2, 0) is 23.7 Å². The van der Waals surface area contributed by atoms with Gasteiger partial charge in [0, 0.05) is 34.9 Å². The van der Waals surface area contributed by atoms with Crippen LogP contribution in [0, 0.1) is 0 Å². The Labute approximate surface area is 173 Å². The second-order valence-electron chi connectivity index (χ2n) is 6.76. The van der Waals surface area contributed by atoms with Gasteiger partial charge in [-0.15, -0.1) is 0 Å². The smallest absolute Gasteiger partial charge is 0.262 e. The lowest BCUT2D eigenvalue weighted by atomic mass is 10.1. The summed E-state index contributed by atoms with van der Waals surface area (Å²) in [5.41, 5.74) is 2.81. The van der Waals surface area contributed by atoms with Gasteiger partial charge in [0.15, 0.2) is 0 Å². The van der Waals surface area contributed by atoms with Gasteiger partial charge < -0.3 is 19.1 Å². The van der Waals surface area contributed by atoms with Crippen LogP contribution in [0.3, 0.4) is 0 Å². The van der Waals surface area contributed by atoms with Gasteiger partial charge in [0.2, 0.25) is 11.8 Å². The van der Waals surface area contributed by atoms with Crippen LogP contribution in [0.5, 0.6) is 11.8 Å². The Hall–Kier alpha value is -3.30. The number of aliphatic hydroxyl groups is 1. The molecule has 0 aliphatic rings. The van der Waals surface area contributed by atoms with Gasteiger partial charge in [-0.05, 0) is 42.0 Å². The zero-order chi connectivity index (χ0) is 21.5. The molecular formula is C21H21N3O5S. The predicted molar refractivity (Wildman–Crippen MR) is 114 cm³/mol. The molecule has 9 heteroatoms. The van der Waals surface area contributed by atoms with Gasteiger partial charge >= 0.3 is 0 Å². The molecular weight excluding hydrogens is 406 g/mol. The second-order valence-corrected chi connectivity index (χ2v) is 8.45. The average Bonchev–Trinajstić information content (AvgIpc) is 3.04. The first-order chi connectivity index (χ1) is 14.4. The van der Waals surface area contributed by atoms with Gasteiger partial charge in [-0.2, -0.15) is 4.98 Å². The number of nitrogens with zero attached hydrogens (tertiary/aromatic N) is 2. The molecule has 2 aromatic heterocycles. The first kappa shape index (κ1) is 20.0. The fourth-order valence-electron chi connectivity index (χ4n) is 3.48. The maximum Gasteiger partial charge on any atom is 0.262 e. The van der Waals surface area contributed by atoms with E-state index in [0.29, 0.717) is 5.88 Å². The highest BCUT2D eigenvalue weighted by Crippen LogP contribution is 2.32. The molecule has 0 spiro atoms. The molecule has 0 bridgehead atoms.